The van der Waals surface area contributed by atoms with Gasteiger partial charge in [-0.25, -0.2) is 12.8 Å². The first-order valence-electron chi connectivity index (χ1n) is 13.7. The van der Waals surface area contributed by atoms with Crippen molar-refractivity contribution in [2.75, 3.05) is 18.0 Å². The summed E-state index contributed by atoms with van der Waals surface area (Å²) in [5.41, 5.74) is 1.35. The van der Waals surface area contributed by atoms with Gasteiger partial charge in [0.2, 0.25) is 11.8 Å². The maximum atomic E-state index is 14.7. The smallest absolute Gasteiger partial charge is 0.264 e. The fraction of sp³-hybridized carbons (Fsp3) is 0.355. The summed E-state index contributed by atoms with van der Waals surface area (Å²) in [6, 6.07) is 17.7. The zero-order chi connectivity index (χ0) is 29.6. The quantitative estimate of drug-likeness (QED) is 0.351. The lowest BCUT2D eigenvalue weighted by molar-refractivity contribution is -0.139. The molecule has 1 aliphatic carbocycles. The van der Waals surface area contributed by atoms with Gasteiger partial charge in [0.1, 0.15) is 24.2 Å². The monoisotopic (exact) mass is 581 g/mol. The van der Waals surface area contributed by atoms with Crippen LogP contribution < -0.4 is 14.4 Å². The molecule has 10 heteroatoms. The molecule has 4 rings (SSSR count). The number of hydrogen-bond acceptors (Lipinski definition) is 5. The van der Waals surface area contributed by atoms with E-state index >= 15 is 0 Å². The second-order valence-corrected chi connectivity index (χ2v) is 12.2. The van der Waals surface area contributed by atoms with Gasteiger partial charge in [0.15, 0.2) is 0 Å². The molecule has 0 radical (unpaired) electrons. The molecule has 0 aliphatic heterocycles. The second-order valence-electron chi connectivity index (χ2n) is 10.3. The molecular formula is C31H36FN3O5S. The van der Waals surface area contributed by atoms with Crippen molar-refractivity contribution in [1.82, 2.24) is 10.2 Å². The summed E-state index contributed by atoms with van der Waals surface area (Å²) < 4.78 is 48.7. The highest BCUT2D eigenvalue weighted by molar-refractivity contribution is 7.92. The van der Waals surface area contributed by atoms with Crippen molar-refractivity contribution < 1.29 is 27.1 Å². The van der Waals surface area contributed by atoms with Crippen LogP contribution in [0.1, 0.15) is 43.7 Å². The normalized spacial score (nSPS) is 14.3. The minimum atomic E-state index is -4.19. The number of rotatable bonds is 11. The van der Waals surface area contributed by atoms with Crippen LogP contribution in [0.25, 0.3) is 0 Å². The Labute approximate surface area is 241 Å². The number of amides is 2. The number of benzene rings is 3. The maximum absolute atomic E-state index is 14.7. The Morgan fingerprint density at radius 1 is 1.00 bits per heavy atom. The molecule has 218 valence electrons. The molecule has 1 saturated carbocycles. The van der Waals surface area contributed by atoms with E-state index in [0.717, 1.165) is 35.6 Å². The second kappa shape index (κ2) is 13.2. The minimum absolute atomic E-state index is 0.0133. The Bertz CT molecular complexity index is 1460. The average Bonchev–Trinajstić information content (AvgIpc) is 3.48. The lowest BCUT2D eigenvalue weighted by Gasteiger charge is -2.32. The molecule has 1 aliphatic rings. The number of halogens is 1. The van der Waals surface area contributed by atoms with Gasteiger partial charge in [0.25, 0.3) is 10.0 Å². The van der Waals surface area contributed by atoms with Crippen LogP contribution in [0.15, 0.2) is 77.7 Å². The molecule has 0 bridgehead atoms. The van der Waals surface area contributed by atoms with Crippen LogP contribution >= 0.6 is 0 Å². The third-order valence-corrected chi connectivity index (χ3v) is 9.20. The third kappa shape index (κ3) is 7.24. The number of nitrogens with one attached hydrogen (secondary N) is 1. The van der Waals surface area contributed by atoms with E-state index in [1.54, 1.807) is 61.5 Å². The number of carbonyl (C=O) groups is 2. The first-order valence-corrected chi connectivity index (χ1v) is 15.1. The Morgan fingerprint density at radius 2 is 1.63 bits per heavy atom. The number of anilines is 1. The van der Waals surface area contributed by atoms with Crippen molar-refractivity contribution in [2.24, 2.45) is 0 Å². The summed E-state index contributed by atoms with van der Waals surface area (Å²) in [5.74, 6) is -1.01. The standard InChI is InChI=1S/C31H36FN3O5S/c1-22-12-18-28(19-13-22)41(38,39)35(26-14-16-27(40-3)17-15-26)21-30(36)34(20-24-8-4-7-11-29(24)32)23(2)31(37)33-25-9-5-6-10-25/h4,7-8,11-19,23,25H,5-6,9-10,20-21H2,1-3H3,(H,33,37). The van der Waals surface area contributed by atoms with Crippen molar-refractivity contribution in [3.05, 3.63) is 89.7 Å². The van der Waals surface area contributed by atoms with Gasteiger partial charge >= 0.3 is 0 Å². The van der Waals surface area contributed by atoms with Gasteiger partial charge in [0.05, 0.1) is 17.7 Å². The van der Waals surface area contributed by atoms with E-state index in [2.05, 4.69) is 5.32 Å². The first kappa shape index (κ1) is 30.0. The van der Waals surface area contributed by atoms with Crippen molar-refractivity contribution in [3.8, 4) is 5.75 Å². The molecule has 1 atom stereocenters. The first-order chi connectivity index (χ1) is 19.6. The fourth-order valence-corrected chi connectivity index (χ4v) is 6.31. The largest absolute Gasteiger partial charge is 0.497 e. The minimum Gasteiger partial charge on any atom is -0.497 e. The van der Waals surface area contributed by atoms with Crippen molar-refractivity contribution in [3.63, 3.8) is 0 Å². The molecule has 0 heterocycles. The van der Waals surface area contributed by atoms with E-state index in [9.17, 15) is 22.4 Å². The van der Waals surface area contributed by atoms with Gasteiger partial charge in [0, 0.05) is 18.2 Å². The summed E-state index contributed by atoms with van der Waals surface area (Å²) >= 11 is 0. The maximum Gasteiger partial charge on any atom is 0.264 e. The lowest BCUT2D eigenvalue weighted by Crippen LogP contribution is -2.52. The molecule has 1 fully saturated rings. The summed E-state index contributed by atoms with van der Waals surface area (Å²) in [5, 5.41) is 3.00. The number of nitrogens with zero attached hydrogens (tertiary/aromatic N) is 2. The van der Waals surface area contributed by atoms with E-state index in [0.29, 0.717) is 5.75 Å². The van der Waals surface area contributed by atoms with Gasteiger partial charge in [-0.1, -0.05) is 48.7 Å². The summed E-state index contributed by atoms with van der Waals surface area (Å²) in [4.78, 5) is 28.5. The lowest BCUT2D eigenvalue weighted by atomic mass is 10.1. The van der Waals surface area contributed by atoms with Crippen LogP contribution in [0, 0.1) is 12.7 Å². The Morgan fingerprint density at radius 3 is 2.24 bits per heavy atom. The van der Waals surface area contributed by atoms with Crippen LogP contribution in [0.4, 0.5) is 10.1 Å². The van der Waals surface area contributed by atoms with E-state index in [1.807, 2.05) is 6.92 Å². The van der Waals surface area contributed by atoms with Gasteiger partial charge in [-0.15, -0.1) is 0 Å². The predicted octanol–water partition coefficient (Wildman–Crippen LogP) is 4.81. The average molecular weight is 582 g/mol. The Balaban J connectivity index is 1.69. The highest BCUT2D eigenvalue weighted by Gasteiger charge is 2.33. The van der Waals surface area contributed by atoms with Crippen LogP contribution in [0.5, 0.6) is 5.75 Å². The molecule has 41 heavy (non-hydrogen) atoms. The molecule has 3 aromatic rings. The Hall–Kier alpha value is -3.92. The van der Waals surface area contributed by atoms with Crippen LogP contribution in [-0.4, -0.2) is 50.9 Å². The van der Waals surface area contributed by atoms with E-state index < -0.39 is 34.3 Å². The van der Waals surface area contributed by atoms with E-state index in [1.165, 1.54) is 30.2 Å². The molecule has 1 unspecified atom stereocenters. The molecule has 8 nitrogen and oxygen atoms in total. The number of hydrogen-bond donors (Lipinski definition) is 1. The molecule has 3 aromatic carbocycles. The number of sulfonamides is 1. The van der Waals surface area contributed by atoms with Crippen LogP contribution in [0.3, 0.4) is 0 Å². The topological polar surface area (TPSA) is 96.0 Å². The van der Waals surface area contributed by atoms with Gasteiger partial charge in [-0.3, -0.25) is 13.9 Å². The van der Waals surface area contributed by atoms with E-state index in [-0.39, 0.29) is 34.6 Å². The van der Waals surface area contributed by atoms with Gasteiger partial charge < -0.3 is 15.0 Å². The van der Waals surface area contributed by atoms with E-state index in [4.69, 9.17) is 4.74 Å². The molecule has 0 aromatic heterocycles. The zero-order valence-electron chi connectivity index (χ0n) is 23.5. The fourth-order valence-electron chi connectivity index (χ4n) is 4.90. The summed E-state index contributed by atoms with van der Waals surface area (Å²) in [7, 11) is -2.70. The summed E-state index contributed by atoms with van der Waals surface area (Å²) in [6.45, 7) is 2.62. The number of aryl methyl sites for hydroxylation is 1. The number of methoxy groups -OCH3 is 1. The number of ether oxygens (including phenoxy) is 1. The highest BCUT2D eigenvalue weighted by atomic mass is 32.2. The van der Waals surface area contributed by atoms with Crippen LogP contribution in [-0.2, 0) is 26.2 Å². The molecule has 0 spiro atoms. The van der Waals surface area contributed by atoms with Crippen molar-refractivity contribution in [1.29, 1.82) is 0 Å². The molecule has 0 saturated heterocycles. The molecular weight excluding hydrogens is 545 g/mol. The van der Waals surface area contributed by atoms with Crippen molar-refractivity contribution >= 4 is 27.5 Å². The predicted molar refractivity (Wildman–Crippen MR) is 156 cm³/mol. The SMILES string of the molecule is COc1ccc(N(CC(=O)N(Cc2ccccc2F)C(C)C(=O)NC2CCCC2)S(=O)(=O)c2ccc(C)cc2)cc1. The molecule has 2 amide bonds. The number of carbonyl (C=O) groups excluding carboxylic acids is 2. The third-order valence-electron chi connectivity index (χ3n) is 7.42. The zero-order valence-corrected chi connectivity index (χ0v) is 24.4. The van der Waals surface area contributed by atoms with Crippen LogP contribution in [0.2, 0.25) is 0 Å². The Kier molecular flexibility index (Phi) is 9.65. The summed E-state index contributed by atoms with van der Waals surface area (Å²) in [6.07, 6.45) is 3.76. The highest BCUT2D eigenvalue weighted by Crippen LogP contribution is 2.27. The van der Waals surface area contributed by atoms with Gasteiger partial charge in [-0.2, -0.15) is 0 Å². The van der Waals surface area contributed by atoms with Gasteiger partial charge in [-0.05, 0) is 69.2 Å². The van der Waals surface area contributed by atoms with Crippen molar-refractivity contribution in [2.45, 2.75) is 63.1 Å². The molecule has 1 N–H and O–H groups in total.